The highest BCUT2D eigenvalue weighted by atomic mass is 16.6. The van der Waals surface area contributed by atoms with E-state index >= 15 is 0 Å². The van der Waals surface area contributed by atoms with Crippen LogP contribution in [0.25, 0.3) is 0 Å². The van der Waals surface area contributed by atoms with Gasteiger partial charge in [-0.2, -0.15) is 0 Å². The normalized spacial score (nSPS) is 31.2. The summed E-state index contributed by atoms with van der Waals surface area (Å²) in [6.07, 6.45) is 6.95. The molecule has 0 aromatic carbocycles. The van der Waals surface area contributed by atoms with Gasteiger partial charge >= 0.3 is 5.97 Å². The lowest BCUT2D eigenvalue weighted by atomic mass is 10.1. The van der Waals surface area contributed by atoms with E-state index in [4.69, 9.17) is 9.47 Å². The second-order valence-corrected chi connectivity index (χ2v) is 6.15. The number of ether oxygens (including phenoxy) is 2. The van der Waals surface area contributed by atoms with Gasteiger partial charge in [-0.25, -0.2) is 0 Å². The molecule has 1 amide bonds. The summed E-state index contributed by atoms with van der Waals surface area (Å²) in [4.78, 5) is 26.0. The summed E-state index contributed by atoms with van der Waals surface area (Å²) < 4.78 is 10.8. The lowest BCUT2D eigenvalue weighted by Gasteiger charge is -2.23. The van der Waals surface area contributed by atoms with E-state index in [1.54, 1.807) is 0 Å². The van der Waals surface area contributed by atoms with Crippen LogP contribution in [0.15, 0.2) is 0 Å². The number of likely N-dealkylation sites (tertiary alicyclic amines) is 1. The minimum Gasteiger partial charge on any atom is -0.463 e. The maximum absolute atomic E-state index is 12.1. The quantitative estimate of drug-likeness (QED) is 0.733. The Kier molecular flexibility index (Phi) is 4.24. The number of carbonyl (C=O) groups is 2. The van der Waals surface area contributed by atoms with Crippen LogP contribution in [-0.4, -0.2) is 48.7 Å². The van der Waals surface area contributed by atoms with Gasteiger partial charge in [-0.3, -0.25) is 9.59 Å². The maximum Gasteiger partial charge on any atom is 0.311 e. The van der Waals surface area contributed by atoms with Crippen molar-refractivity contribution in [1.29, 1.82) is 0 Å². The van der Waals surface area contributed by atoms with Gasteiger partial charge in [0.05, 0.1) is 12.0 Å². The lowest BCUT2D eigenvalue weighted by molar-refractivity contribution is -0.151. The molecule has 1 saturated carbocycles. The maximum atomic E-state index is 12.1. The predicted octanol–water partition coefficient (Wildman–Crippen LogP) is 1.50. The Balaban J connectivity index is 1.47. The molecule has 0 N–H and O–H groups in total. The highest BCUT2D eigenvalue weighted by Gasteiger charge is 2.39. The Morgan fingerprint density at radius 1 is 1.25 bits per heavy atom. The van der Waals surface area contributed by atoms with Crippen LogP contribution in [-0.2, 0) is 19.1 Å². The van der Waals surface area contributed by atoms with E-state index in [-0.39, 0.29) is 23.9 Å². The summed E-state index contributed by atoms with van der Waals surface area (Å²) in [5.74, 6) is -0.380. The number of esters is 1. The first-order valence-corrected chi connectivity index (χ1v) is 7.82. The van der Waals surface area contributed by atoms with Crippen molar-refractivity contribution in [2.24, 2.45) is 5.92 Å². The van der Waals surface area contributed by atoms with E-state index in [0.717, 1.165) is 32.3 Å². The first kappa shape index (κ1) is 13.9. The van der Waals surface area contributed by atoms with E-state index in [9.17, 15) is 9.59 Å². The van der Waals surface area contributed by atoms with Gasteiger partial charge in [0.15, 0.2) is 0 Å². The number of rotatable bonds is 4. The fourth-order valence-corrected chi connectivity index (χ4v) is 3.53. The second-order valence-electron chi connectivity index (χ2n) is 6.15. The summed E-state index contributed by atoms with van der Waals surface area (Å²) in [5, 5.41) is 0. The van der Waals surface area contributed by atoms with Crippen molar-refractivity contribution in [3.63, 3.8) is 0 Å². The van der Waals surface area contributed by atoms with Crippen LogP contribution in [0.1, 0.15) is 44.9 Å². The summed E-state index contributed by atoms with van der Waals surface area (Å²) in [6, 6.07) is 0.360. The van der Waals surface area contributed by atoms with Crippen molar-refractivity contribution in [3.8, 4) is 0 Å². The molecular weight excluding hydrogens is 258 g/mol. The third-order valence-electron chi connectivity index (χ3n) is 4.69. The largest absolute Gasteiger partial charge is 0.463 e. The molecule has 2 saturated heterocycles. The number of hydrogen-bond donors (Lipinski definition) is 0. The molecule has 2 heterocycles. The van der Waals surface area contributed by atoms with Crippen LogP contribution in [0.3, 0.4) is 0 Å². The molecule has 3 fully saturated rings. The van der Waals surface area contributed by atoms with E-state index in [1.807, 2.05) is 4.90 Å². The Morgan fingerprint density at radius 2 is 2.05 bits per heavy atom. The summed E-state index contributed by atoms with van der Waals surface area (Å²) in [6.45, 7) is 1.65. The van der Waals surface area contributed by atoms with E-state index < -0.39 is 0 Å². The van der Waals surface area contributed by atoms with Crippen LogP contribution in [0.5, 0.6) is 0 Å². The SMILES string of the molecule is O=C(OCC1CCCO1)C1CC(=O)N(C2CCCC2)C1. The zero-order chi connectivity index (χ0) is 13.9. The molecule has 0 aromatic rings. The van der Waals surface area contributed by atoms with Crippen LogP contribution >= 0.6 is 0 Å². The Labute approximate surface area is 119 Å². The highest BCUT2D eigenvalue weighted by Crippen LogP contribution is 2.30. The van der Waals surface area contributed by atoms with Crippen molar-refractivity contribution >= 4 is 11.9 Å². The average molecular weight is 281 g/mol. The summed E-state index contributed by atoms with van der Waals surface area (Å²) >= 11 is 0. The molecular formula is C15H23NO4. The fraction of sp³-hybridized carbons (Fsp3) is 0.867. The second kappa shape index (κ2) is 6.12. The van der Waals surface area contributed by atoms with Crippen molar-refractivity contribution in [2.45, 2.75) is 57.1 Å². The van der Waals surface area contributed by atoms with Crippen molar-refractivity contribution in [3.05, 3.63) is 0 Å². The van der Waals surface area contributed by atoms with E-state index in [1.165, 1.54) is 12.8 Å². The minimum atomic E-state index is -0.274. The smallest absolute Gasteiger partial charge is 0.311 e. The van der Waals surface area contributed by atoms with Crippen molar-refractivity contribution in [1.82, 2.24) is 4.90 Å². The third kappa shape index (κ3) is 2.97. The molecule has 0 radical (unpaired) electrons. The molecule has 20 heavy (non-hydrogen) atoms. The highest BCUT2D eigenvalue weighted by molar-refractivity contribution is 5.87. The first-order chi connectivity index (χ1) is 9.74. The first-order valence-electron chi connectivity index (χ1n) is 7.82. The number of amides is 1. The molecule has 5 heteroatoms. The molecule has 3 rings (SSSR count). The van der Waals surface area contributed by atoms with Crippen molar-refractivity contribution in [2.75, 3.05) is 19.8 Å². The van der Waals surface area contributed by atoms with E-state index in [2.05, 4.69) is 0 Å². The van der Waals surface area contributed by atoms with Gasteiger partial charge in [0.1, 0.15) is 6.61 Å². The molecule has 112 valence electrons. The van der Waals surface area contributed by atoms with Gasteiger partial charge in [-0.05, 0) is 25.7 Å². The summed E-state index contributed by atoms with van der Waals surface area (Å²) in [7, 11) is 0. The van der Waals surface area contributed by atoms with Gasteiger partial charge in [-0.1, -0.05) is 12.8 Å². The molecule has 2 atom stereocenters. The van der Waals surface area contributed by atoms with E-state index in [0.29, 0.717) is 25.6 Å². The van der Waals surface area contributed by atoms with Crippen LogP contribution < -0.4 is 0 Å². The zero-order valence-electron chi connectivity index (χ0n) is 11.9. The topological polar surface area (TPSA) is 55.8 Å². The van der Waals surface area contributed by atoms with Gasteiger partial charge in [0.2, 0.25) is 5.91 Å². The Bertz CT molecular complexity index is 372. The number of hydrogen-bond acceptors (Lipinski definition) is 4. The van der Waals surface area contributed by atoms with Crippen LogP contribution in [0.2, 0.25) is 0 Å². The van der Waals surface area contributed by atoms with Crippen LogP contribution in [0, 0.1) is 5.92 Å². The predicted molar refractivity (Wildman–Crippen MR) is 72.0 cm³/mol. The fourth-order valence-electron chi connectivity index (χ4n) is 3.53. The zero-order valence-corrected chi connectivity index (χ0v) is 11.9. The molecule has 2 aliphatic heterocycles. The number of carbonyl (C=O) groups excluding carboxylic acids is 2. The molecule has 2 unspecified atom stereocenters. The average Bonchev–Trinajstić information content (AvgIpc) is 3.17. The molecule has 0 aromatic heterocycles. The number of nitrogens with zero attached hydrogens (tertiary/aromatic N) is 1. The monoisotopic (exact) mass is 281 g/mol. The van der Waals surface area contributed by atoms with Gasteiger partial charge < -0.3 is 14.4 Å². The molecule has 5 nitrogen and oxygen atoms in total. The standard InChI is InChI=1S/C15H23NO4/c17-14-8-11(9-16(14)12-4-1-2-5-12)15(18)20-10-13-6-3-7-19-13/h11-13H,1-10H2. The summed E-state index contributed by atoms with van der Waals surface area (Å²) in [5.41, 5.74) is 0. The molecule has 1 aliphatic carbocycles. The van der Waals surface area contributed by atoms with Gasteiger partial charge in [0, 0.05) is 25.6 Å². The molecule has 0 spiro atoms. The van der Waals surface area contributed by atoms with Crippen LogP contribution in [0.4, 0.5) is 0 Å². The Hall–Kier alpha value is -1.10. The van der Waals surface area contributed by atoms with Gasteiger partial charge in [0.25, 0.3) is 0 Å². The lowest BCUT2D eigenvalue weighted by Crippen LogP contribution is -2.35. The van der Waals surface area contributed by atoms with Crippen molar-refractivity contribution < 1.29 is 19.1 Å². The molecule has 3 aliphatic rings. The molecule has 0 bridgehead atoms. The third-order valence-corrected chi connectivity index (χ3v) is 4.69. The minimum absolute atomic E-state index is 0.0574. The van der Waals surface area contributed by atoms with Gasteiger partial charge in [-0.15, -0.1) is 0 Å². The Morgan fingerprint density at radius 3 is 2.75 bits per heavy atom.